The van der Waals surface area contributed by atoms with Crippen LogP contribution in [-0.2, 0) is 6.54 Å². The fraction of sp³-hybridized carbons (Fsp3) is 0.300. The molecule has 2 amide bonds. The Morgan fingerprint density at radius 2 is 2.07 bits per heavy atom. The van der Waals surface area contributed by atoms with Gasteiger partial charge in [0.15, 0.2) is 11.5 Å². The van der Waals surface area contributed by atoms with E-state index in [1.165, 1.54) is 17.2 Å². The first-order valence-corrected chi connectivity index (χ1v) is 9.99. The normalized spacial score (nSPS) is 14.3. The van der Waals surface area contributed by atoms with Gasteiger partial charge in [0.1, 0.15) is 5.82 Å². The summed E-state index contributed by atoms with van der Waals surface area (Å²) in [6.07, 6.45) is 1.84. The maximum absolute atomic E-state index is 12.5. The second-order valence-corrected chi connectivity index (χ2v) is 7.55. The number of anilines is 1. The van der Waals surface area contributed by atoms with Crippen molar-refractivity contribution in [3.8, 4) is 11.5 Å². The predicted molar refractivity (Wildman–Crippen MR) is 110 cm³/mol. The molecule has 0 unspecified atom stereocenters. The molecule has 0 saturated carbocycles. The number of hydrogen-bond donors (Lipinski definition) is 2. The number of piperazine rings is 1. The number of nitrogens with zero attached hydrogens (tertiary/aromatic N) is 3. The van der Waals surface area contributed by atoms with Gasteiger partial charge < -0.3 is 25.0 Å². The number of benzene rings is 1. The number of fused-ring (bicyclic) bond motifs is 1. The number of methoxy groups -OCH3 is 1. The molecule has 2 aromatic heterocycles. The number of carbonyl (C=O) groups is 1. The van der Waals surface area contributed by atoms with E-state index < -0.39 is 0 Å². The number of pyridine rings is 1. The number of nitrogens with one attached hydrogen (secondary N) is 1. The second kappa shape index (κ2) is 7.93. The molecule has 3 heterocycles. The zero-order valence-electron chi connectivity index (χ0n) is 15.6. The van der Waals surface area contributed by atoms with Crippen LogP contribution in [0.1, 0.15) is 5.56 Å². The average Bonchev–Trinajstić information content (AvgIpc) is 3.21. The van der Waals surface area contributed by atoms with Crippen molar-refractivity contribution in [1.29, 1.82) is 0 Å². The van der Waals surface area contributed by atoms with Crippen LogP contribution in [0.5, 0.6) is 11.5 Å². The van der Waals surface area contributed by atoms with Crippen LogP contribution in [0.4, 0.5) is 10.6 Å². The van der Waals surface area contributed by atoms with Crippen LogP contribution in [0.3, 0.4) is 0 Å². The first-order valence-electron chi connectivity index (χ1n) is 9.11. The summed E-state index contributed by atoms with van der Waals surface area (Å²) in [6, 6.07) is 9.15. The van der Waals surface area contributed by atoms with Gasteiger partial charge in [0.05, 0.1) is 7.11 Å². The zero-order chi connectivity index (χ0) is 19.5. The summed E-state index contributed by atoms with van der Waals surface area (Å²) in [5.74, 6) is 1.48. The second-order valence-electron chi connectivity index (χ2n) is 6.61. The minimum Gasteiger partial charge on any atom is -0.504 e. The van der Waals surface area contributed by atoms with Gasteiger partial charge in [0, 0.05) is 49.0 Å². The number of hydrogen-bond acceptors (Lipinski definition) is 6. The molecule has 3 aromatic rings. The third-order valence-electron chi connectivity index (χ3n) is 4.91. The summed E-state index contributed by atoms with van der Waals surface area (Å²) >= 11 is 1.71. The van der Waals surface area contributed by atoms with E-state index in [2.05, 4.69) is 26.6 Å². The molecule has 1 fully saturated rings. The Hall–Kier alpha value is -3.00. The quantitative estimate of drug-likeness (QED) is 0.706. The Kier molecular flexibility index (Phi) is 5.21. The first-order chi connectivity index (χ1) is 13.7. The molecule has 0 bridgehead atoms. The van der Waals surface area contributed by atoms with Gasteiger partial charge in [-0.3, -0.25) is 0 Å². The number of carbonyl (C=O) groups excluding carboxylic acids is 1. The first kappa shape index (κ1) is 18.4. The summed E-state index contributed by atoms with van der Waals surface area (Å²) in [7, 11) is 1.50. The van der Waals surface area contributed by atoms with E-state index in [0.717, 1.165) is 24.5 Å². The molecule has 146 valence electrons. The summed E-state index contributed by atoms with van der Waals surface area (Å²) < 4.78 is 6.26. The number of phenolic OH excluding ortho intramolecular Hbond substituents is 1. The summed E-state index contributed by atoms with van der Waals surface area (Å²) in [5.41, 5.74) is 0.818. The predicted octanol–water partition coefficient (Wildman–Crippen LogP) is 3.04. The monoisotopic (exact) mass is 398 g/mol. The van der Waals surface area contributed by atoms with Crippen molar-refractivity contribution in [3.63, 3.8) is 0 Å². The lowest BCUT2D eigenvalue weighted by molar-refractivity contribution is 0.194. The number of phenols is 1. The summed E-state index contributed by atoms with van der Waals surface area (Å²) in [6.45, 7) is 3.13. The van der Waals surface area contributed by atoms with Gasteiger partial charge in [-0.05, 0) is 35.2 Å². The lowest BCUT2D eigenvalue weighted by atomic mass is 10.2. The number of aromatic nitrogens is 1. The standard InChI is InChI=1S/C20H22N4O3S/c1-27-17-3-2-14(12-16(17)25)13-22-20(26)24-9-7-23(8-10-24)19-15-5-11-28-18(15)4-6-21-19/h2-6,11-12,25H,7-10,13H2,1H3,(H,22,26). The van der Waals surface area contributed by atoms with E-state index in [1.54, 1.807) is 23.5 Å². The van der Waals surface area contributed by atoms with Gasteiger partial charge in [-0.15, -0.1) is 11.3 Å². The Morgan fingerprint density at radius 1 is 1.25 bits per heavy atom. The fourth-order valence-corrected chi connectivity index (χ4v) is 4.16. The highest BCUT2D eigenvalue weighted by molar-refractivity contribution is 7.17. The number of urea groups is 1. The molecule has 4 rings (SSSR count). The molecule has 2 N–H and O–H groups in total. The molecule has 0 atom stereocenters. The topological polar surface area (TPSA) is 77.9 Å². The van der Waals surface area contributed by atoms with Crippen LogP contribution in [0.2, 0.25) is 0 Å². The number of thiophene rings is 1. The molecule has 28 heavy (non-hydrogen) atoms. The van der Waals surface area contributed by atoms with Crippen molar-refractivity contribution >= 4 is 33.3 Å². The van der Waals surface area contributed by atoms with Gasteiger partial charge in [0.25, 0.3) is 0 Å². The van der Waals surface area contributed by atoms with E-state index in [0.29, 0.717) is 25.4 Å². The van der Waals surface area contributed by atoms with E-state index >= 15 is 0 Å². The van der Waals surface area contributed by atoms with Crippen LogP contribution in [0.15, 0.2) is 41.9 Å². The molecule has 0 aliphatic carbocycles. The van der Waals surface area contributed by atoms with E-state index in [-0.39, 0.29) is 11.8 Å². The highest BCUT2D eigenvalue weighted by Crippen LogP contribution is 2.29. The van der Waals surface area contributed by atoms with Crippen LogP contribution >= 0.6 is 11.3 Å². The number of ether oxygens (including phenoxy) is 1. The maximum atomic E-state index is 12.5. The minimum absolute atomic E-state index is 0.0676. The minimum atomic E-state index is -0.100. The zero-order valence-corrected chi connectivity index (χ0v) is 16.4. The largest absolute Gasteiger partial charge is 0.504 e. The molecule has 1 aromatic carbocycles. The molecule has 1 saturated heterocycles. The maximum Gasteiger partial charge on any atom is 0.317 e. The van der Waals surface area contributed by atoms with Crippen LogP contribution in [-0.4, -0.2) is 54.3 Å². The van der Waals surface area contributed by atoms with Crippen molar-refractivity contribution in [1.82, 2.24) is 15.2 Å². The molecule has 0 radical (unpaired) electrons. The Balaban J connectivity index is 1.33. The van der Waals surface area contributed by atoms with Gasteiger partial charge in [-0.25, -0.2) is 9.78 Å². The van der Waals surface area contributed by atoms with Crippen LogP contribution in [0.25, 0.3) is 10.1 Å². The lowest BCUT2D eigenvalue weighted by Gasteiger charge is -2.35. The Labute approximate surface area is 167 Å². The molecule has 0 spiro atoms. The highest BCUT2D eigenvalue weighted by atomic mass is 32.1. The van der Waals surface area contributed by atoms with E-state index in [9.17, 15) is 9.90 Å². The van der Waals surface area contributed by atoms with Crippen molar-refractivity contribution in [3.05, 3.63) is 47.5 Å². The highest BCUT2D eigenvalue weighted by Gasteiger charge is 2.23. The number of rotatable bonds is 4. The van der Waals surface area contributed by atoms with Crippen molar-refractivity contribution in [2.75, 3.05) is 38.2 Å². The van der Waals surface area contributed by atoms with Gasteiger partial charge in [-0.2, -0.15) is 0 Å². The molecule has 1 aliphatic rings. The Morgan fingerprint density at radius 3 is 2.82 bits per heavy atom. The summed E-state index contributed by atoms with van der Waals surface area (Å²) in [5, 5.41) is 16.0. The van der Waals surface area contributed by atoms with E-state index in [1.807, 2.05) is 23.2 Å². The average molecular weight is 398 g/mol. The molecule has 1 aliphatic heterocycles. The van der Waals surface area contributed by atoms with Gasteiger partial charge in [0.2, 0.25) is 0 Å². The van der Waals surface area contributed by atoms with Crippen LogP contribution in [0, 0.1) is 0 Å². The fourth-order valence-electron chi connectivity index (χ4n) is 3.39. The SMILES string of the molecule is COc1ccc(CNC(=O)N2CCN(c3nccc4sccc34)CC2)cc1O. The Bertz CT molecular complexity index is 982. The molecule has 8 heteroatoms. The molecular formula is C20H22N4O3S. The van der Waals surface area contributed by atoms with Crippen LogP contribution < -0.4 is 15.0 Å². The molecular weight excluding hydrogens is 376 g/mol. The van der Waals surface area contributed by atoms with Gasteiger partial charge in [-0.1, -0.05) is 6.07 Å². The van der Waals surface area contributed by atoms with Crippen molar-refractivity contribution < 1.29 is 14.6 Å². The summed E-state index contributed by atoms with van der Waals surface area (Å²) in [4.78, 5) is 21.1. The third-order valence-corrected chi connectivity index (χ3v) is 5.79. The third kappa shape index (κ3) is 3.68. The molecule has 7 nitrogen and oxygen atoms in total. The van der Waals surface area contributed by atoms with Gasteiger partial charge >= 0.3 is 6.03 Å². The van der Waals surface area contributed by atoms with Crippen molar-refractivity contribution in [2.24, 2.45) is 0 Å². The lowest BCUT2D eigenvalue weighted by Crippen LogP contribution is -2.51. The van der Waals surface area contributed by atoms with E-state index in [4.69, 9.17) is 4.74 Å². The smallest absolute Gasteiger partial charge is 0.317 e. The number of amides is 2. The van der Waals surface area contributed by atoms with Crippen molar-refractivity contribution in [2.45, 2.75) is 6.54 Å². The number of aromatic hydroxyl groups is 1.